The van der Waals surface area contributed by atoms with Crippen LogP contribution < -0.4 is 5.73 Å². The number of thiazole rings is 1. The lowest BCUT2D eigenvalue weighted by molar-refractivity contribution is 0.0600. The van der Waals surface area contributed by atoms with Crippen molar-refractivity contribution in [3.05, 3.63) is 46.5 Å². The van der Waals surface area contributed by atoms with Crippen molar-refractivity contribution in [2.45, 2.75) is 13.1 Å². The number of nitrogens with two attached hydrogens (primary N) is 1. The molecule has 0 unspecified atom stereocenters. The fourth-order valence-corrected chi connectivity index (χ4v) is 2.66. The summed E-state index contributed by atoms with van der Waals surface area (Å²) >= 11 is 1.50. The van der Waals surface area contributed by atoms with Gasteiger partial charge in [-0.25, -0.2) is 9.78 Å². The van der Waals surface area contributed by atoms with Crippen molar-refractivity contribution in [3.63, 3.8) is 0 Å². The van der Waals surface area contributed by atoms with Gasteiger partial charge in [0.05, 0.1) is 12.7 Å². The lowest BCUT2D eigenvalue weighted by atomic mass is 10.1. The molecule has 0 aliphatic heterocycles. The van der Waals surface area contributed by atoms with Crippen molar-refractivity contribution < 1.29 is 9.53 Å². The molecule has 1 aromatic heterocycles. The van der Waals surface area contributed by atoms with E-state index >= 15 is 0 Å². The SMILES string of the molecule is COC(=O)c1ccc(CN(C)Cc2cnc(N)s2)cc1. The van der Waals surface area contributed by atoms with E-state index in [1.807, 2.05) is 19.2 Å². The maximum absolute atomic E-state index is 11.3. The molecule has 0 fully saturated rings. The molecular weight excluding hydrogens is 274 g/mol. The molecule has 0 bridgehead atoms. The molecule has 2 rings (SSSR count). The number of aromatic nitrogens is 1. The number of methoxy groups -OCH3 is 1. The third-order valence-electron chi connectivity index (χ3n) is 2.82. The first-order valence-electron chi connectivity index (χ1n) is 6.14. The highest BCUT2D eigenvalue weighted by molar-refractivity contribution is 7.15. The first-order valence-corrected chi connectivity index (χ1v) is 6.96. The van der Waals surface area contributed by atoms with E-state index in [0.29, 0.717) is 10.7 Å². The average Bonchev–Trinajstić information content (AvgIpc) is 2.84. The number of hydrogen-bond donors (Lipinski definition) is 1. The number of carbonyl (C=O) groups excluding carboxylic acids is 1. The van der Waals surface area contributed by atoms with Gasteiger partial charge in [-0.1, -0.05) is 12.1 Å². The zero-order valence-electron chi connectivity index (χ0n) is 11.5. The van der Waals surface area contributed by atoms with Gasteiger partial charge in [-0.2, -0.15) is 0 Å². The lowest BCUT2D eigenvalue weighted by Crippen LogP contribution is -2.16. The van der Waals surface area contributed by atoms with E-state index in [4.69, 9.17) is 5.73 Å². The highest BCUT2D eigenvalue weighted by Gasteiger charge is 2.07. The summed E-state index contributed by atoms with van der Waals surface area (Å²) in [7, 11) is 3.41. The number of esters is 1. The number of carbonyl (C=O) groups is 1. The number of nitrogens with zero attached hydrogens (tertiary/aromatic N) is 2. The van der Waals surface area contributed by atoms with Crippen molar-refractivity contribution in [1.82, 2.24) is 9.88 Å². The summed E-state index contributed by atoms with van der Waals surface area (Å²) in [5.74, 6) is -0.315. The summed E-state index contributed by atoms with van der Waals surface area (Å²) in [5.41, 5.74) is 7.31. The molecule has 0 aliphatic carbocycles. The Bertz CT molecular complexity index is 580. The largest absolute Gasteiger partial charge is 0.465 e. The highest BCUT2D eigenvalue weighted by atomic mass is 32.1. The average molecular weight is 291 g/mol. The first kappa shape index (κ1) is 14.5. The van der Waals surface area contributed by atoms with E-state index in [9.17, 15) is 4.79 Å². The molecular formula is C14H17N3O2S. The van der Waals surface area contributed by atoms with Crippen LogP contribution >= 0.6 is 11.3 Å². The summed E-state index contributed by atoms with van der Waals surface area (Å²) in [6, 6.07) is 7.42. The van der Waals surface area contributed by atoms with Gasteiger partial charge in [-0.3, -0.25) is 4.90 Å². The van der Waals surface area contributed by atoms with Crippen molar-refractivity contribution in [2.75, 3.05) is 19.9 Å². The van der Waals surface area contributed by atoms with E-state index < -0.39 is 0 Å². The second kappa shape index (κ2) is 6.49. The number of ether oxygens (including phenoxy) is 1. The number of rotatable bonds is 5. The maximum Gasteiger partial charge on any atom is 0.337 e. The van der Waals surface area contributed by atoms with Crippen LogP contribution in [0.5, 0.6) is 0 Å². The van der Waals surface area contributed by atoms with Gasteiger partial charge in [-0.05, 0) is 24.7 Å². The van der Waals surface area contributed by atoms with Crippen LogP contribution in [-0.2, 0) is 17.8 Å². The third kappa shape index (κ3) is 3.79. The zero-order chi connectivity index (χ0) is 14.5. The van der Waals surface area contributed by atoms with Crippen LogP contribution in [0.1, 0.15) is 20.8 Å². The molecule has 2 aromatic rings. The number of benzene rings is 1. The molecule has 5 nitrogen and oxygen atoms in total. The first-order chi connectivity index (χ1) is 9.58. The molecule has 0 spiro atoms. The van der Waals surface area contributed by atoms with Gasteiger partial charge in [0.2, 0.25) is 0 Å². The van der Waals surface area contributed by atoms with Gasteiger partial charge in [0.1, 0.15) is 0 Å². The predicted octanol–water partition coefficient (Wildman–Crippen LogP) is 2.14. The standard InChI is InChI=1S/C14H17N3O2S/c1-17(9-12-7-16-14(15)20-12)8-10-3-5-11(6-4-10)13(18)19-2/h3-7H,8-9H2,1-2H3,(H2,15,16). The van der Waals surface area contributed by atoms with E-state index in [2.05, 4.69) is 14.6 Å². The van der Waals surface area contributed by atoms with E-state index in [-0.39, 0.29) is 5.97 Å². The molecule has 0 saturated heterocycles. The number of hydrogen-bond acceptors (Lipinski definition) is 6. The summed E-state index contributed by atoms with van der Waals surface area (Å²) in [6.45, 7) is 1.59. The fraction of sp³-hybridized carbons (Fsp3) is 0.286. The Labute approximate surface area is 122 Å². The lowest BCUT2D eigenvalue weighted by Gasteiger charge is -2.15. The van der Waals surface area contributed by atoms with Gasteiger partial charge in [0.15, 0.2) is 5.13 Å². The van der Waals surface area contributed by atoms with Crippen LogP contribution in [0.2, 0.25) is 0 Å². The maximum atomic E-state index is 11.3. The second-order valence-corrected chi connectivity index (χ2v) is 5.67. The summed E-state index contributed by atoms with van der Waals surface area (Å²) < 4.78 is 4.67. The molecule has 0 radical (unpaired) electrons. The zero-order valence-corrected chi connectivity index (χ0v) is 12.3. The molecule has 1 heterocycles. The van der Waals surface area contributed by atoms with Crippen molar-refractivity contribution >= 4 is 22.4 Å². The molecule has 6 heteroatoms. The molecule has 106 valence electrons. The minimum absolute atomic E-state index is 0.315. The van der Waals surface area contributed by atoms with E-state index in [0.717, 1.165) is 23.5 Å². The highest BCUT2D eigenvalue weighted by Crippen LogP contribution is 2.17. The normalized spacial score (nSPS) is 10.8. The second-order valence-electron chi connectivity index (χ2n) is 4.53. The van der Waals surface area contributed by atoms with Crippen molar-refractivity contribution in [1.29, 1.82) is 0 Å². The summed E-state index contributed by atoms with van der Waals surface area (Å²) in [4.78, 5) is 18.7. The third-order valence-corrected chi connectivity index (χ3v) is 3.64. The Hall–Kier alpha value is -1.92. The van der Waals surface area contributed by atoms with Crippen LogP contribution in [0.3, 0.4) is 0 Å². The van der Waals surface area contributed by atoms with Crippen LogP contribution in [0.25, 0.3) is 0 Å². The Morgan fingerprint density at radius 3 is 2.60 bits per heavy atom. The molecule has 20 heavy (non-hydrogen) atoms. The van der Waals surface area contributed by atoms with Crippen LogP contribution in [-0.4, -0.2) is 30.0 Å². The fourth-order valence-electron chi connectivity index (χ4n) is 1.89. The summed E-state index contributed by atoms with van der Waals surface area (Å²) in [5, 5.41) is 0.593. The Morgan fingerprint density at radius 2 is 2.05 bits per heavy atom. The van der Waals surface area contributed by atoms with Crippen molar-refractivity contribution in [2.24, 2.45) is 0 Å². The van der Waals surface area contributed by atoms with Crippen LogP contribution in [0.4, 0.5) is 5.13 Å². The smallest absolute Gasteiger partial charge is 0.337 e. The molecule has 1 aromatic carbocycles. The topological polar surface area (TPSA) is 68.5 Å². The van der Waals surface area contributed by atoms with E-state index in [1.54, 1.807) is 18.3 Å². The van der Waals surface area contributed by atoms with Gasteiger partial charge in [-0.15, -0.1) is 11.3 Å². The Balaban J connectivity index is 1.94. The minimum Gasteiger partial charge on any atom is -0.465 e. The molecule has 0 aliphatic rings. The van der Waals surface area contributed by atoms with Crippen molar-refractivity contribution in [3.8, 4) is 0 Å². The van der Waals surface area contributed by atoms with Gasteiger partial charge in [0.25, 0.3) is 0 Å². The van der Waals surface area contributed by atoms with Gasteiger partial charge >= 0.3 is 5.97 Å². The quantitative estimate of drug-likeness (QED) is 0.855. The molecule has 0 amide bonds. The number of nitrogen functional groups attached to an aromatic ring is 1. The minimum atomic E-state index is -0.315. The van der Waals surface area contributed by atoms with Gasteiger partial charge in [0, 0.05) is 24.2 Å². The Kier molecular flexibility index (Phi) is 4.70. The van der Waals surface area contributed by atoms with Gasteiger partial charge < -0.3 is 10.5 Å². The van der Waals surface area contributed by atoms with E-state index in [1.165, 1.54) is 18.4 Å². The van der Waals surface area contributed by atoms with Crippen LogP contribution in [0.15, 0.2) is 30.5 Å². The molecule has 2 N–H and O–H groups in total. The molecule has 0 saturated carbocycles. The summed E-state index contributed by atoms with van der Waals surface area (Å²) in [6.07, 6.45) is 1.80. The number of anilines is 1. The Morgan fingerprint density at radius 1 is 1.35 bits per heavy atom. The predicted molar refractivity (Wildman–Crippen MR) is 79.5 cm³/mol. The molecule has 0 atom stereocenters. The van der Waals surface area contributed by atoms with Crippen LogP contribution in [0, 0.1) is 0 Å². The monoisotopic (exact) mass is 291 g/mol.